The SMILES string of the molecule is CSCCC(=O)N1CCCC[C@@H]1c1nc2ccc(F)cc2[nH]1. The Morgan fingerprint density at radius 3 is 3.18 bits per heavy atom. The standard InChI is InChI=1S/C16H20FN3OS/c1-22-9-7-15(21)20-8-3-2-4-14(20)16-18-12-6-5-11(17)10-13(12)19-16/h5-6,10,14H,2-4,7-9H2,1H3,(H,18,19)/t14-/m1/s1. The Morgan fingerprint density at radius 2 is 2.36 bits per heavy atom. The van der Waals surface area contributed by atoms with E-state index in [2.05, 4.69) is 9.97 Å². The molecule has 1 aromatic heterocycles. The van der Waals surface area contributed by atoms with E-state index in [1.165, 1.54) is 12.1 Å². The average Bonchev–Trinajstić information content (AvgIpc) is 2.95. The zero-order valence-corrected chi connectivity index (χ0v) is 13.5. The number of carbonyl (C=O) groups excluding carboxylic acids is 1. The molecule has 1 atom stereocenters. The van der Waals surface area contributed by atoms with Crippen molar-refractivity contribution in [2.24, 2.45) is 0 Å². The third-order valence-corrected chi connectivity index (χ3v) is 4.73. The van der Waals surface area contributed by atoms with E-state index in [4.69, 9.17) is 0 Å². The summed E-state index contributed by atoms with van der Waals surface area (Å²) in [6.07, 6.45) is 5.60. The van der Waals surface area contributed by atoms with E-state index in [1.54, 1.807) is 17.8 Å². The first-order valence-corrected chi connectivity index (χ1v) is 9.02. The number of piperidine rings is 1. The van der Waals surface area contributed by atoms with Gasteiger partial charge in [-0.3, -0.25) is 4.79 Å². The largest absolute Gasteiger partial charge is 0.340 e. The number of benzene rings is 1. The second-order valence-electron chi connectivity index (χ2n) is 5.63. The molecule has 0 saturated carbocycles. The molecule has 118 valence electrons. The van der Waals surface area contributed by atoms with Crippen LogP contribution in [0.15, 0.2) is 18.2 Å². The summed E-state index contributed by atoms with van der Waals surface area (Å²) in [5.74, 6) is 1.52. The van der Waals surface area contributed by atoms with Gasteiger partial charge in [-0.15, -0.1) is 0 Å². The van der Waals surface area contributed by atoms with Crippen LogP contribution in [0.25, 0.3) is 11.0 Å². The molecule has 0 radical (unpaired) electrons. The molecule has 1 saturated heterocycles. The monoisotopic (exact) mass is 321 g/mol. The lowest BCUT2D eigenvalue weighted by atomic mass is 10.0. The van der Waals surface area contributed by atoms with E-state index < -0.39 is 0 Å². The van der Waals surface area contributed by atoms with Gasteiger partial charge in [0.1, 0.15) is 11.6 Å². The van der Waals surface area contributed by atoms with Crippen LogP contribution in [0.1, 0.15) is 37.5 Å². The van der Waals surface area contributed by atoms with Gasteiger partial charge in [0, 0.05) is 18.7 Å². The number of nitrogens with zero attached hydrogens (tertiary/aromatic N) is 2. The molecular formula is C16H20FN3OS. The zero-order valence-electron chi connectivity index (χ0n) is 12.6. The topological polar surface area (TPSA) is 49.0 Å². The zero-order chi connectivity index (χ0) is 15.5. The molecule has 2 aromatic rings. The Balaban J connectivity index is 1.86. The van der Waals surface area contributed by atoms with Crippen LogP contribution in [0, 0.1) is 5.82 Å². The second-order valence-corrected chi connectivity index (χ2v) is 6.61. The van der Waals surface area contributed by atoms with E-state index in [-0.39, 0.29) is 17.8 Å². The fourth-order valence-electron chi connectivity index (χ4n) is 3.01. The molecule has 1 aliphatic rings. The molecular weight excluding hydrogens is 301 g/mol. The summed E-state index contributed by atoms with van der Waals surface area (Å²) in [5, 5.41) is 0. The lowest BCUT2D eigenvalue weighted by molar-refractivity contribution is -0.134. The van der Waals surface area contributed by atoms with E-state index >= 15 is 0 Å². The van der Waals surface area contributed by atoms with Crippen molar-refractivity contribution >= 4 is 28.7 Å². The maximum atomic E-state index is 13.3. The number of aromatic amines is 1. The van der Waals surface area contributed by atoms with Crippen LogP contribution in [0.3, 0.4) is 0 Å². The number of likely N-dealkylation sites (tertiary alicyclic amines) is 1. The van der Waals surface area contributed by atoms with Crippen molar-refractivity contribution in [1.29, 1.82) is 0 Å². The Labute approximate surface area is 133 Å². The highest BCUT2D eigenvalue weighted by Crippen LogP contribution is 2.31. The van der Waals surface area contributed by atoms with Crippen LogP contribution in [-0.4, -0.2) is 39.3 Å². The van der Waals surface area contributed by atoms with Crippen LogP contribution >= 0.6 is 11.8 Å². The number of carbonyl (C=O) groups is 1. The summed E-state index contributed by atoms with van der Waals surface area (Å²) in [4.78, 5) is 22.1. The highest BCUT2D eigenvalue weighted by atomic mass is 32.2. The van der Waals surface area contributed by atoms with Crippen LogP contribution in [0.2, 0.25) is 0 Å². The van der Waals surface area contributed by atoms with Gasteiger partial charge in [0.25, 0.3) is 0 Å². The molecule has 6 heteroatoms. The molecule has 2 heterocycles. The summed E-state index contributed by atoms with van der Waals surface area (Å²) in [6.45, 7) is 0.781. The molecule has 1 aliphatic heterocycles. The van der Waals surface area contributed by atoms with Gasteiger partial charge in [-0.05, 0) is 43.7 Å². The van der Waals surface area contributed by atoms with Gasteiger partial charge in [0.05, 0.1) is 17.1 Å². The van der Waals surface area contributed by atoms with Crippen LogP contribution in [0.4, 0.5) is 4.39 Å². The lowest BCUT2D eigenvalue weighted by Crippen LogP contribution is -2.39. The first-order valence-electron chi connectivity index (χ1n) is 7.62. The van der Waals surface area contributed by atoms with Crippen molar-refractivity contribution in [3.8, 4) is 0 Å². The number of rotatable bonds is 4. The van der Waals surface area contributed by atoms with Gasteiger partial charge in [0.2, 0.25) is 5.91 Å². The molecule has 3 rings (SSSR count). The van der Waals surface area contributed by atoms with Crippen molar-refractivity contribution in [3.05, 3.63) is 29.8 Å². The number of halogens is 1. The van der Waals surface area contributed by atoms with Crippen LogP contribution in [-0.2, 0) is 4.79 Å². The Morgan fingerprint density at radius 1 is 1.50 bits per heavy atom. The number of thioether (sulfide) groups is 1. The maximum Gasteiger partial charge on any atom is 0.224 e. The predicted octanol–water partition coefficient (Wildman–Crippen LogP) is 3.51. The molecule has 4 nitrogen and oxygen atoms in total. The Hall–Kier alpha value is -1.56. The number of aromatic nitrogens is 2. The van der Waals surface area contributed by atoms with Crippen LogP contribution < -0.4 is 0 Å². The number of hydrogen-bond acceptors (Lipinski definition) is 3. The third kappa shape index (κ3) is 3.11. The summed E-state index contributed by atoms with van der Waals surface area (Å²) >= 11 is 1.68. The highest BCUT2D eigenvalue weighted by Gasteiger charge is 2.29. The fourth-order valence-corrected chi connectivity index (χ4v) is 3.39. The van der Waals surface area contributed by atoms with E-state index in [9.17, 15) is 9.18 Å². The maximum absolute atomic E-state index is 13.3. The highest BCUT2D eigenvalue weighted by molar-refractivity contribution is 7.98. The van der Waals surface area contributed by atoms with E-state index in [1.807, 2.05) is 11.2 Å². The van der Waals surface area contributed by atoms with Crippen molar-refractivity contribution in [2.45, 2.75) is 31.7 Å². The van der Waals surface area contributed by atoms with Crippen molar-refractivity contribution in [2.75, 3.05) is 18.6 Å². The van der Waals surface area contributed by atoms with Gasteiger partial charge >= 0.3 is 0 Å². The molecule has 22 heavy (non-hydrogen) atoms. The van der Waals surface area contributed by atoms with E-state index in [0.717, 1.165) is 42.9 Å². The minimum atomic E-state index is -0.278. The fraction of sp³-hybridized carbons (Fsp3) is 0.500. The quantitative estimate of drug-likeness (QED) is 0.937. The summed E-state index contributed by atoms with van der Waals surface area (Å²) < 4.78 is 13.3. The number of imidazole rings is 1. The second kappa shape index (κ2) is 6.69. The van der Waals surface area contributed by atoms with Gasteiger partial charge in [-0.1, -0.05) is 0 Å². The molecule has 0 bridgehead atoms. The molecule has 1 amide bonds. The smallest absolute Gasteiger partial charge is 0.224 e. The summed E-state index contributed by atoms with van der Waals surface area (Å²) in [6, 6.07) is 4.52. The van der Waals surface area contributed by atoms with Gasteiger partial charge < -0.3 is 9.88 Å². The van der Waals surface area contributed by atoms with E-state index in [0.29, 0.717) is 11.9 Å². The number of hydrogen-bond donors (Lipinski definition) is 1. The molecule has 1 aromatic carbocycles. The van der Waals surface area contributed by atoms with Gasteiger partial charge in [-0.2, -0.15) is 11.8 Å². The van der Waals surface area contributed by atoms with Gasteiger partial charge in [0.15, 0.2) is 0 Å². The molecule has 1 fully saturated rings. The average molecular weight is 321 g/mol. The first kappa shape index (κ1) is 15.3. The predicted molar refractivity (Wildman–Crippen MR) is 87.4 cm³/mol. The lowest BCUT2D eigenvalue weighted by Gasteiger charge is -2.34. The Kier molecular flexibility index (Phi) is 4.66. The number of H-pyrrole nitrogens is 1. The van der Waals surface area contributed by atoms with Gasteiger partial charge in [-0.25, -0.2) is 9.37 Å². The number of nitrogens with one attached hydrogen (secondary N) is 1. The minimum absolute atomic E-state index is 0.0152. The normalized spacial score (nSPS) is 18.8. The molecule has 1 N–H and O–H groups in total. The summed E-state index contributed by atoms with van der Waals surface area (Å²) in [5.41, 5.74) is 1.44. The molecule has 0 spiro atoms. The van der Waals surface area contributed by atoms with Crippen molar-refractivity contribution < 1.29 is 9.18 Å². The Bertz CT molecular complexity index is 672. The minimum Gasteiger partial charge on any atom is -0.340 e. The number of amides is 1. The number of fused-ring (bicyclic) bond motifs is 1. The molecule has 0 unspecified atom stereocenters. The van der Waals surface area contributed by atoms with Crippen molar-refractivity contribution in [1.82, 2.24) is 14.9 Å². The van der Waals surface area contributed by atoms with Crippen LogP contribution in [0.5, 0.6) is 0 Å². The first-order chi connectivity index (χ1) is 10.7. The van der Waals surface area contributed by atoms with Crippen molar-refractivity contribution in [3.63, 3.8) is 0 Å². The summed E-state index contributed by atoms with van der Waals surface area (Å²) in [7, 11) is 0. The third-order valence-electron chi connectivity index (χ3n) is 4.12. The molecule has 0 aliphatic carbocycles.